The van der Waals surface area contributed by atoms with E-state index in [0.717, 1.165) is 11.8 Å². The van der Waals surface area contributed by atoms with Gasteiger partial charge in [-0.25, -0.2) is 13.2 Å². The molecule has 27 heavy (non-hydrogen) atoms. The highest BCUT2D eigenvalue weighted by molar-refractivity contribution is 7.92. The summed E-state index contributed by atoms with van der Waals surface area (Å²) in [6.45, 7) is -0.0565. The van der Waals surface area contributed by atoms with Crippen LogP contribution in [0, 0.1) is 0 Å². The summed E-state index contributed by atoms with van der Waals surface area (Å²) in [6.07, 6.45) is 2.49. The zero-order valence-corrected chi connectivity index (χ0v) is 15.5. The summed E-state index contributed by atoms with van der Waals surface area (Å²) in [6, 6.07) is 10.7. The van der Waals surface area contributed by atoms with Gasteiger partial charge in [-0.3, -0.25) is 9.10 Å². The van der Waals surface area contributed by atoms with E-state index in [2.05, 4.69) is 0 Å². The first-order valence-electron chi connectivity index (χ1n) is 8.36. The Labute approximate surface area is 157 Å². The van der Waals surface area contributed by atoms with Crippen LogP contribution in [0.5, 0.6) is 5.75 Å². The molecule has 0 saturated heterocycles. The van der Waals surface area contributed by atoms with Crippen molar-refractivity contribution in [1.29, 1.82) is 0 Å². The number of aromatic hydroxyl groups is 1. The maximum absolute atomic E-state index is 12.4. The maximum atomic E-state index is 12.4. The lowest BCUT2D eigenvalue weighted by atomic mass is 9.99. The van der Waals surface area contributed by atoms with E-state index >= 15 is 0 Å². The average molecular weight is 389 g/mol. The minimum absolute atomic E-state index is 0.0143. The van der Waals surface area contributed by atoms with Crippen molar-refractivity contribution in [2.45, 2.75) is 12.8 Å². The summed E-state index contributed by atoms with van der Waals surface area (Å²) >= 11 is 0. The number of fused-ring (bicyclic) bond motifs is 1. The van der Waals surface area contributed by atoms with Gasteiger partial charge < -0.3 is 9.84 Å². The van der Waals surface area contributed by atoms with Crippen molar-refractivity contribution in [1.82, 2.24) is 0 Å². The molecule has 1 heterocycles. The molecule has 1 aliphatic heterocycles. The van der Waals surface area contributed by atoms with Gasteiger partial charge in [-0.05, 0) is 48.7 Å². The number of ketones is 1. The number of hydrogen-bond donors (Lipinski definition) is 1. The second-order valence-electron chi connectivity index (χ2n) is 6.30. The molecule has 2 aromatic carbocycles. The molecular weight excluding hydrogens is 370 g/mol. The number of carbonyl (C=O) groups excluding carboxylic acids is 2. The van der Waals surface area contributed by atoms with Crippen LogP contribution >= 0.6 is 0 Å². The van der Waals surface area contributed by atoms with Crippen molar-refractivity contribution < 1.29 is 27.9 Å². The Balaban J connectivity index is 1.73. The fourth-order valence-corrected chi connectivity index (χ4v) is 4.02. The lowest BCUT2D eigenvalue weighted by Gasteiger charge is -2.29. The molecule has 1 aliphatic rings. The van der Waals surface area contributed by atoms with Crippen molar-refractivity contribution in [3.63, 3.8) is 0 Å². The molecule has 0 unspecified atom stereocenters. The molecule has 0 fully saturated rings. The third-order valence-corrected chi connectivity index (χ3v) is 5.52. The van der Waals surface area contributed by atoms with Crippen molar-refractivity contribution in [3.05, 3.63) is 59.2 Å². The number of phenols is 1. The van der Waals surface area contributed by atoms with Crippen LogP contribution in [0.15, 0.2) is 42.5 Å². The second-order valence-corrected chi connectivity index (χ2v) is 8.21. The quantitative estimate of drug-likeness (QED) is 0.621. The van der Waals surface area contributed by atoms with E-state index in [-0.39, 0.29) is 11.3 Å². The lowest BCUT2D eigenvalue weighted by Crippen LogP contribution is -2.34. The number of rotatable bonds is 5. The summed E-state index contributed by atoms with van der Waals surface area (Å²) in [4.78, 5) is 24.3. The Bertz CT molecular complexity index is 999. The van der Waals surface area contributed by atoms with Crippen LogP contribution in [0.1, 0.15) is 32.7 Å². The molecule has 3 rings (SSSR count). The standard InChI is InChI=1S/C19H19NO6S/c1-27(24,25)20-10-4-5-13-11-14(8-9-16(13)20)18(22)12-26-19(23)15-6-2-3-7-17(15)21/h2-3,6-9,11,21H,4-5,10,12H2,1H3. The molecule has 1 N–H and O–H groups in total. The smallest absolute Gasteiger partial charge is 0.342 e. The van der Waals surface area contributed by atoms with E-state index < -0.39 is 28.4 Å². The van der Waals surface area contributed by atoms with Gasteiger partial charge in [0.05, 0.1) is 11.9 Å². The number of Topliss-reactive ketones (excluding diaryl/α,β-unsaturated/α-hetero) is 1. The van der Waals surface area contributed by atoms with Gasteiger partial charge in [-0.1, -0.05) is 12.1 Å². The molecule has 7 nitrogen and oxygen atoms in total. The Morgan fingerprint density at radius 2 is 1.93 bits per heavy atom. The first-order chi connectivity index (χ1) is 12.8. The van der Waals surface area contributed by atoms with E-state index in [0.29, 0.717) is 30.6 Å². The molecule has 0 spiro atoms. The van der Waals surface area contributed by atoms with Gasteiger partial charge in [-0.15, -0.1) is 0 Å². The number of sulfonamides is 1. The number of benzene rings is 2. The molecule has 0 radical (unpaired) electrons. The number of para-hydroxylation sites is 1. The van der Waals surface area contributed by atoms with Crippen LogP contribution in [0.2, 0.25) is 0 Å². The number of nitrogens with zero attached hydrogens (tertiary/aromatic N) is 1. The highest BCUT2D eigenvalue weighted by Crippen LogP contribution is 2.30. The predicted molar refractivity (Wildman–Crippen MR) is 99.7 cm³/mol. The third-order valence-electron chi connectivity index (χ3n) is 4.34. The van der Waals surface area contributed by atoms with Crippen LogP contribution in [-0.2, 0) is 21.2 Å². The van der Waals surface area contributed by atoms with E-state index in [1.807, 2.05) is 0 Å². The van der Waals surface area contributed by atoms with Gasteiger partial charge in [0, 0.05) is 12.1 Å². The summed E-state index contributed by atoms with van der Waals surface area (Å²) in [5.74, 6) is -1.41. The monoisotopic (exact) mass is 389 g/mol. The van der Waals surface area contributed by atoms with Crippen LogP contribution in [0.25, 0.3) is 0 Å². The number of phenolic OH excluding ortho intramolecular Hbond substituents is 1. The minimum Gasteiger partial charge on any atom is -0.507 e. The van der Waals surface area contributed by atoms with E-state index in [9.17, 15) is 23.1 Å². The second kappa shape index (κ2) is 7.40. The van der Waals surface area contributed by atoms with Crippen molar-refractivity contribution in [2.24, 2.45) is 0 Å². The normalized spacial score (nSPS) is 13.7. The molecule has 0 aliphatic carbocycles. The van der Waals surface area contributed by atoms with Crippen LogP contribution in [0.4, 0.5) is 5.69 Å². The van der Waals surface area contributed by atoms with E-state index in [4.69, 9.17) is 4.74 Å². The maximum Gasteiger partial charge on any atom is 0.342 e. The number of ether oxygens (including phenoxy) is 1. The zero-order chi connectivity index (χ0) is 19.6. The van der Waals surface area contributed by atoms with Gasteiger partial charge in [-0.2, -0.15) is 0 Å². The highest BCUT2D eigenvalue weighted by atomic mass is 32.2. The SMILES string of the molecule is CS(=O)(=O)N1CCCc2cc(C(=O)COC(=O)c3ccccc3O)ccc21. The number of esters is 1. The Morgan fingerprint density at radius 3 is 2.63 bits per heavy atom. The molecule has 8 heteroatoms. The van der Waals surface area contributed by atoms with Crippen molar-refractivity contribution >= 4 is 27.5 Å². The summed E-state index contributed by atoms with van der Waals surface area (Å²) in [5, 5.41) is 9.65. The molecule has 2 aromatic rings. The number of anilines is 1. The van der Waals surface area contributed by atoms with E-state index in [1.54, 1.807) is 24.3 Å². The number of aryl methyl sites for hydroxylation is 1. The molecule has 0 atom stereocenters. The zero-order valence-electron chi connectivity index (χ0n) is 14.7. The van der Waals surface area contributed by atoms with Gasteiger partial charge in [0.15, 0.2) is 12.4 Å². The highest BCUT2D eigenvalue weighted by Gasteiger charge is 2.25. The van der Waals surface area contributed by atoms with Crippen LogP contribution in [-0.4, -0.2) is 44.7 Å². The minimum atomic E-state index is -3.37. The molecular formula is C19H19NO6S. The van der Waals surface area contributed by atoms with Crippen molar-refractivity contribution in [3.8, 4) is 5.75 Å². The summed E-state index contributed by atoms with van der Waals surface area (Å²) in [5.41, 5.74) is 1.67. The fraction of sp³-hybridized carbons (Fsp3) is 0.263. The summed E-state index contributed by atoms with van der Waals surface area (Å²) < 4.78 is 30.1. The predicted octanol–water partition coefficient (Wildman–Crippen LogP) is 2.14. The Hall–Kier alpha value is -2.87. The molecule has 0 bridgehead atoms. The first-order valence-corrected chi connectivity index (χ1v) is 10.2. The number of carbonyl (C=O) groups is 2. The largest absolute Gasteiger partial charge is 0.507 e. The topological polar surface area (TPSA) is 101 Å². The summed E-state index contributed by atoms with van der Waals surface area (Å²) in [7, 11) is -3.37. The van der Waals surface area contributed by atoms with Crippen LogP contribution in [0.3, 0.4) is 0 Å². The van der Waals surface area contributed by atoms with Crippen LogP contribution < -0.4 is 4.31 Å². The van der Waals surface area contributed by atoms with E-state index in [1.165, 1.54) is 22.5 Å². The molecule has 0 saturated carbocycles. The van der Waals surface area contributed by atoms with Gasteiger partial charge in [0.2, 0.25) is 10.0 Å². The van der Waals surface area contributed by atoms with Crippen molar-refractivity contribution in [2.75, 3.05) is 23.7 Å². The number of hydrogen-bond acceptors (Lipinski definition) is 6. The molecule has 0 aromatic heterocycles. The van der Waals surface area contributed by atoms with Gasteiger partial charge in [0.25, 0.3) is 0 Å². The van der Waals surface area contributed by atoms with Gasteiger partial charge >= 0.3 is 5.97 Å². The third kappa shape index (κ3) is 4.11. The Morgan fingerprint density at radius 1 is 1.19 bits per heavy atom. The molecule has 0 amide bonds. The Kier molecular flexibility index (Phi) is 5.18. The average Bonchev–Trinajstić information content (AvgIpc) is 2.64. The van der Waals surface area contributed by atoms with Gasteiger partial charge in [0.1, 0.15) is 11.3 Å². The first kappa shape index (κ1) is 18.9. The fourth-order valence-electron chi connectivity index (χ4n) is 3.02. The lowest BCUT2D eigenvalue weighted by molar-refractivity contribution is 0.0472. The molecule has 142 valence electrons.